The molecule has 0 aliphatic carbocycles. The Labute approximate surface area is 115 Å². The number of pyridine rings is 1. The van der Waals surface area contributed by atoms with Crippen LogP contribution in [0.1, 0.15) is 31.4 Å². The Morgan fingerprint density at radius 3 is 2.89 bits per heavy atom. The Hall–Kier alpha value is -1.45. The molecule has 0 fully saturated rings. The van der Waals surface area contributed by atoms with E-state index >= 15 is 0 Å². The summed E-state index contributed by atoms with van der Waals surface area (Å²) in [6, 6.07) is 8.74. The largest absolute Gasteiger partial charge is 0.382 e. The maximum atomic E-state index is 5.41. The molecule has 2 aromatic rings. The molecule has 102 valence electrons. The molecule has 1 aromatic carbocycles. The average Bonchev–Trinajstić information content (AvgIpc) is 2.47. The maximum absolute atomic E-state index is 5.41. The van der Waals surface area contributed by atoms with Gasteiger partial charge in [-0.15, -0.1) is 0 Å². The van der Waals surface area contributed by atoms with E-state index in [2.05, 4.69) is 34.6 Å². The fourth-order valence-corrected chi connectivity index (χ4v) is 2.41. The van der Waals surface area contributed by atoms with Crippen LogP contribution in [-0.4, -0.2) is 25.2 Å². The Morgan fingerprint density at radius 1 is 1.26 bits per heavy atom. The van der Waals surface area contributed by atoms with Gasteiger partial charge in [-0.3, -0.25) is 4.98 Å². The highest BCUT2D eigenvalue weighted by molar-refractivity contribution is 5.85. The second-order valence-electron chi connectivity index (χ2n) is 4.63. The molecular weight excluding hydrogens is 236 g/mol. The van der Waals surface area contributed by atoms with E-state index in [1.165, 1.54) is 16.3 Å². The molecule has 1 unspecified atom stereocenters. The van der Waals surface area contributed by atoms with E-state index in [1.54, 1.807) is 0 Å². The first-order valence-corrected chi connectivity index (χ1v) is 6.94. The number of rotatable bonds is 7. The Kier molecular flexibility index (Phi) is 5.31. The van der Waals surface area contributed by atoms with Crippen molar-refractivity contribution in [3.05, 3.63) is 42.2 Å². The molecule has 1 atom stereocenters. The van der Waals surface area contributed by atoms with Crippen LogP contribution in [0.2, 0.25) is 0 Å². The van der Waals surface area contributed by atoms with Crippen molar-refractivity contribution in [2.45, 2.75) is 25.8 Å². The van der Waals surface area contributed by atoms with Crippen molar-refractivity contribution in [3.63, 3.8) is 0 Å². The van der Waals surface area contributed by atoms with Crippen LogP contribution in [0.3, 0.4) is 0 Å². The van der Waals surface area contributed by atoms with Crippen molar-refractivity contribution in [1.82, 2.24) is 10.3 Å². The van der Waals surface area contributed by atoms with E-state index in [1.807, 2.05) is 26.4 Å². The number of nitrogens with one attached hydrogen (secondary N) is 1. The van der Waals surface area contributed by atoms with E-state index in [0.717, 1.165) is 26.1 Å². The number of hydrogen-bond donors (Lipinski definition) is 1. The number of ether oxygens (including phenoxy) is 1. The first-order valence-electron chi connectivity index (χ1n) is 6.94. The molecular formula is C16H22N2O. The third kappa shape index (κ3) is 3.52. The van der Waals surface area contributed by atoms with E-state index in [0.29, 0.717) is 6.04 Å². The molecule has 2 rings (SSSR count). The molecule has 0 aliphatic rings. The average molecular weight is 258 g/mol. The molecule has 1 N–H and O–H groups in total. The lowest BCUT2D eigenvalue weighted by atomic mass is 9.98. The Balaban J connectivity index is 2.16. The van der Waals surface area contributed by atoms with E-state index in [9.17, 15) is 0 Å². The molecule has 1 aromatic heterocycles. The van der Waals surface area contributed by atoms with Gasteiger partial charge < -0.3 is 10.1 Å². The van der Waals surface area contributed by atoms with Gasteiger partial charge in [0.25, 0.3) is 0 Å². The van der Waals surface area contributed by atoms with Crippen LogP contribution in [0, 0.1) is 0 Å². The zero-order valence-corrected chi connectivity index (χ0v) is 11.7. The molecule has 0 aliphatic heterocycles. The fraction of sp³-hybridized carbons (Fsp3) is 0.438. The van der Waals surface area contributed by atoms with Gasteiger partial charge in [0.1, 0.15) is 0 Å². The normalized spacial score (nSPS) is 12.7. The van der Waals surface area contributed by atoms with Crippen molar-refractivity contribution in [2.24, 2.45) is 0 Å². The molecule has 3 heteroatoms. The van der Waals surface area contributed by atoms with Crippen LogP contribution in [-0.2, 0) is 4.74 Å². The molecule has 1 heterocycles. The van der Waals surface area contributed by atoms with Crippen LogP contribution >= 0.6 is 0 Å². The molecule has 0 amide bonds. The standard InChI is InChI=1S/C16H22N2O/c1-3-19-10-6-9-16(17-2)15-12-18-11-13-7-4-5-8-14(13)15/h4-5,7-8,11-12,16-17H,3,6,9-10H2,1-2H3. The monoisotopic (exact) mass is 258 g/mol. The molecule has 0 saturated heterocycles. The van der Waals surface area contributed by atoms with Gasteiger partial charge in [-0.05, 0) is 37.8 Å². The van der Waals surface area contributed by atoms with Crippen LogP contribution in [0.4, 0.5) is 0 Å². The second-order valence-corrected chi connectivity index (χ2v) is 4.63. The summed E-state index contributed by atoms with van der Waals surface area (Å²) < 4.78 is 5.41. The summed E-state index contributed by atoms with van der Waals surface area (Å²) >= 11 is 0. The van der Waals surface area contributed by atoms with Gasteiger partial charge in [-0.25, -0.2) is 0 Å². The zero-order valence-electron chi connectivity index (χ0n) is 11.7. The summed E-state index contributed by atoms with van der Waals surface area (Å²) in [5.41, 5.74) is 1.28. The highest BCUT2D eigenvalue weighted by Crippen LogP contribution is 2.25. The van der Waals surface area contributed by atoms with Gasteiger partial charge in [0.15, 0.2) is 0 Å². The molecule has 19 heavy (non-hydrogen) atoms. The maximum Gasteiger partial charge on any atom is 0.0466 e. The van der Waals surface area contributed by atoms with Crippen LogP contribution in [0.15, 0.2) is 36.7 Å². The predicted molar refractivity (Wildman–Crippen MR) is 79.3 cm³/mol. The predicted octanol–water partition coefficient (Wildman–Crippen LogP) is 3.31. The molecule has 0 bridgehead atoms. The quantitative estimate of drug-likeness (QED) is 0.774. The van der Waals surface area contributed by atoms with Crippen molar-refractivity contribution in [1.29, 1.82) is 0 Å². The van der Waals surface area contributed by atoms with Gasteiger partial charge >= 0.3 is 0 Å². The summed E-state index contributed by atoms with van der Waals surface area (Å²) in [6.07, 6.45) is 6.02. The summed E-state index contributed by atoms with van der Waals surface area (Å²) in [6.45, 7) is 3.65. The fourth-order valence-electron chi connectivity index (χ4n) is 2.41. The third-order valence-corrected chi connectivity index (χ3v) is 3.41. The summed E-state index contributed by atoms with van der Waals surface area (Å²) in [5, 5.41) is 5.88. The number of aromatic nitrogens is 1. The first kappa shape index (κ1) is 14.0. The summed E-state index contributed by atoms with van der Waals surface area (Å²) in [7, 11) is 2.01. The van der Waals surface area contributed by atoms with E-state index in [-0.39, 0.29) is 0 Å². The minimum absolute atomic E-state index is 0.332. The number of nitrogens with zero attached hydrogens (tertiary/aromatic N) is 1. The van der Waals surface area contributed by atoms with Gasteiger partial charge in [0.05, 0.1) is 0 Å². The van der Waals surface area contributed by atoms with Gasteiger partial charge in [-0.2, -0.15) is 0 Å². The number of fused-ring (bicyclic) bond motifs is 1. The Morgan fingerprint density at radius 2 is 2.11 bits per heavy atom. The number of hydrogen-bond acceptors (Lipinski definition) is 3. The minimum Gasteiger partial charge on any atom is -0.382 e. The van der Waals surface area contributed by atoms with Gasteiger partial charge in [-0.1, -0.05) is 24.3 Å². The van der Waals surface area contributed by atoms with Crippen LogP contribution in [0.25, 0.3) is 10.8 Å². The number of benzene rings is 1. The lowest BCUT2D eigenvalue weighted by Gasteiger charge is -2.18. The zero-order chi connectivity index (χ0) is 13.5. The van der Waals surface area contributed by atoms with Crippen molar-refractivity contribution in [2.75, 3.05) is 20.3 Å². The summed E-state index contributed by atoms with van der Waals surface area (Å²) in [5.74, 6) is 0. The van der Waals surface area contributed by atoms with Crippen LogP contribution < -0.4 is 5.32 Å². The minimum atomic E-state index is 0.332. The highest BCUT2D eigenvalue weighted by Gasteiger charge is 2.12. The van der Waals surface area contributed by atoms with Crippen molar-refractivity contribution < 1.29 is 4.74 Å². The molecule has 0 saturated carbocycles. The highest BCUT2D eigenvalue weighted by atomic mass is 16.5. The first-order chi connectivity index (χ1) is 9.36. The summed E-state index contributed by atoms with van der Waals surface area (Å²) in [4.78, 5) is 4.35. The van der Waals surface area contributed by atoms with E-state index in [4.69, 9.17) is 4.74 Å². The lowest BCUT2D eigenvalue weighted by molar-refractivity contribution is 0.141. The van der Waals surface area contributed by atoms with Gasteiger partial charge in [0.2, 0.25) is 0 Å². The molecule has 3 nitrogen and oxygen atoms in total. The second kappa shape index (κ2) is 7.22. The van der Waals surface area contributed by atoms with Gasteiger partial charge in [0, 0.05) is 37.0 Å². The lowest BCUT2D eigenvalue weighted by Crippen LogP contribution is -2.17. The van der Waals surface area contributed by atoms with Crippen molar-refractivity contribution >= 4 is 10.8 Å². The smallest absolute Gasteiger partial charge is 0.0466 e. The van der Waals surface area contributed by atoms with E-state index < -0.39 is 0 Å². The topological polar surface area (TPSA) is 34.1 Å². The van der Waals surface area contributed by atoms with Crippen LogP contribution in [0.5, 0.6) is 0 Å². The molecule has 0 spiro atoms. The third-order valence-electron chi connectivity index (χ3n) is 3.41. The van der Waals surface area contributed by atoms with Crippen molar-refractivity contribution in [3.8, 4) is 0 Å². The Bertz CT molecular complexity index is 508. The SMILES string of the molecule is CCOCCCC(NC)c1cncc2ccccc12. The molecule has 0 radical (unpaired) electrons.